The van der Waals surface area contributed by atoms with Gasteiger partial charge in [-0.2, -0.15) is 0 Å². The van der Waals surface area contributed by atoms with Crippen molar-refractivity contribution in [3.63, 3.8) is 0 Å². The third-order valence-electron chi connectivity index (χ3n) is 3.68. The molecule has 2 unspecified atom stereocenters. The summed E-state index contributed by atoms with van der Waals surface area (Å²) in [6.07, 6.45) is 2.20. The van der Waals surface area contributed by atoms with Crippen molar-refractivity contribution in [1.29, 1.82) is 0 Å². The maximum absolute atomic E-state index is 3.74. The molecule has 0 saturated heterocycles. The molecule has 2 rings (SSSR count). The van der Waals surface area contributed by atoms with Gasteiger partial charge in [-0.1, -0.05) is 71.4 Å². The first-order valence-corrected chi connectivity index (χ1v) is 8.04. The van der Waals surface area contributed by atoms with Crippen LogP contribution in [0.15, 0.2) is 59.1 Å². The lowest BCUT2D eigenvalue weighted by Crippen LogP contribution is -2.33. The van der Waals surface area contributed by atoms with Crippen molar-refractivity contribution in [1.82, 2.24) is 5.32 Å². The Morgan fingerprint density at radius 1 is 1.00 bits per heavy atom. The molecule has 106 valence electrons. The van der Waals surface area contributed by atoms with Crippen molar-refractivity contribution >= 4 is 15.9 Å². The third-order valence-corrected chi connectivity index (χ3v) is 4.40. The minimum absolute atomic E-state index is 0.347. The van der Waals surface area contributed by atoms with Gasteiger partial charge >= 0.3 is 0 Å². The van der Waals surface area contributed by atoms with Crippen LogP contribution in [0.4, 0.5) is 0 Å². The number of hydrogen-bond acceptors (Lipinski definition) is 1. The molecular weight excluding hydrogens is 310 g/mol. The second kappa shape index (κ2) is 7.61. The molecule has 1 N–H and O–H groups in total. The third kappa shape index (κ3) is 4.19. The van der Waals surface area contributed by atoms with E-state index in [1.54, 1.807) is 0 Å². The lowest BCUT2D eigenvalue weighted by Gasteiger charge is -2.23. The summed E-state index contributed by atoms with van der Waals surface area (Å²) in [6, 6.07) is 20.0. The molecule has 2 heteroatoms. The Labute approximate surface area is 130 Å². The summed E-state index contributed by atoms with van der Waals surface area (Å²) in [4.78, 5) is 0. The Bertz CT molecular complexity index is 524. The highest BCUT2D eigenvalue weighted by Gasteiger charge is 2.14. The second-order valence-electron chi connectivity index (χ2n) is 5.20. The summed E-state index contributed by atoms with van der Waals surface area (Å²) in [6.45, 7) is 4.47. The number of halogens is 1. The van der Waals surface area contributed by atoms with Crippen LogP contribution in [0.3, 0.4) is 0 Å². The Morgan fingerprint density at radius 2 is 1.65 bits per heavy atom. The molecule has 0 aliphatic rings. The number of nitrogens with one attached hydrogen (secondary N) is 1. The number of rotatable bonds is 6. The summed E-state index contributed by atoms with van der Waals surface area (Å²) >= 11 is 3.64. The van der Waals surface area contributed by atoms with Crippen LogP contribution in [-0.2, 0) is 6.42 Å². The SMILES string of the molecule is CCC(Cc1ccccc1)NC(C)c1ccccc1Br. The molecule has 2 aromatic carbocycles. The first-order chi connectivity index (χ1) is 9.70. The Balaban J connectivity index is 2.01. The fraction of sp³-hybridized carbons (Fsp3) is 0.333. The van der Waals surface area contributed by atoms with Crippen molar-refractivity contribution in [3.8, 4) is 0 Å². The van der Waals surface area contributed by atoms with Crippen molar-refractivity contribution in [2.24, 2.45) is 0 Å². The molecule has 20 heavy (non-hydrogen) atoms. The standard InChI is InChI=1S/C18H22BrN/c1-3-16(13-15-9-5-4-6-10-15)20-14(2)17-11-7-8-12-18(17)19/h4-12,14,16,20H,3,13H2,1-2H3. The zero-order valence-electron chi connectivity index (χ0n) is 12.1. The highest BCUT2D eigenvalue weighted by molar-refractivity contribution is 9.10. The van der Waals surface area contributed by atoms with E-state index in [2.05, 4.69) is 89.7 Å². The topological polar surface area (TPSA) is 12.0 Å². The van der Waals surface area contributed by atoms with E-state index < -0.39 is 0 Å². The summed E-state index contributed by atoms with van der Waals surface area (Å²) in [5.74, 6) is 0. The first-order valence-electron chi connectivity index (χ1n) is 7.25. The molecule has 0 fully saturated rings. The van der Waals surface area contributed by atoms with Crippen LogP contribution in [0.1, 0.15) is 37.4 Å². The van der Waals surface area contributed by atoms with Crippen LogP contribution in [-0.4, -0.2) is 6.04 Å². The zero-order chi connectivity index (χ0) is 14.4. The van der Waals surface area contributed by atoms with Crippen molar-refractivity contribution < 1.29 is 0 Å². The molecule has 2 atom stereocenters. The van der Waals surface area contributed by atoms with E-state index in [1.165, 1.54) is 15.6 Å². The fourth-order valence-corrected chi connectivity index (χ4v) is 3.12. The molecule has 1 nitrogen and oxygen atoms in total. The van der Waals surface area contributed by atoms with Gasteiger partial charge in [0.2, 0.25) is 0 Å². The average Bonchev–Trinajstić information content (AvgIpc) is 2.48. The van der Waals surface area contributed by atoms with Crippen LogP contribution in [0.25, 0.3) is 0 Å². The fourth-order valence-electron chi connectivity index (χ4n) is 2.49. The smallest absolute Gasteiger partial charge is 0.0305 e. The minimum Gasteiger partial charge on any atom is -0.307 e. The van der Waals surface area contributed by atoms with E-state index in [0.717, 1.165) is 12.8 Å². The van der Waals surface area contributed by atoms with Gasteiger partial charge < -0.3 is 5.32 Å². The van der Waals surface area contributed by atoms with E-state index >= 15 is 0 Å². The van der Waals surface area contributed by atoms with E-state index in [4.69, 9.17) is 0 Å². The van der Waals surface area contributed by atoms with Crippen molar-refractivity contribution in [2.75, 3.05) is 0 Å². The normalized spacial score (nSPS) is 13.9. The molecule has 0 bridgehead atoms. The van der Waals surface area contributed by atoms with Gasteiger partial charge in [0, 0.05) is 16.6 Å². The van der Waals surface area contributed by atoms with E-state index in [-0.39, 0.29) is 0 Å². The predicted molar refractivity (Wildman–Crippen MR) is 89.9 cm³/mol. The maximum atomic E-state index is 3.74. The minimum atomic E-state index is 0.347. The van der Waals surface area contributed by atoms with E-state index in [1.807, 2.05) is 0 Å². The quantitative estimate of drug-likeness (QED) is 0.774. The van der Waals surface area contributed by atoms with Crippen LogP contribution in [0.5, 0.6) is 0 Å². The predicted octanol–water partition coefficient (Wildman–Crippen LogP) is 5.12. The molecule has 0 aliphatic heterocycles. The molecule has 0 saturated carbocycles. The van der Waals surface area contributed by atoms with Crippen molar-refractivity contribution in [2.45, 2.75) is 38.8 Å². The maximum Gasteiger partial charge on any atom is 0.0305 e. The summed E-state index contributed by atoms with van der Waals surface area (Å²) < 4.78 is 1.18. The second-order valence-corrected chi connectivity index (χ2v) is 6.06. The van der Waals surface area contributed by atoms with Gasteiger partial charge in [0.05, 0.1) is 0 Å². The van der Waals surface area contributed by atoms with Crippen molar-refractivity contribution in [3.05, 3.63) is 70.2 Å². The lowest BCUT2D eigenvalue weighted by molar-refractivity contribution is 0.439. The molecule has 0 amide bonds. The molecule has 0 radical (unpaired) electrons. The Morgan fingerprint density at radius 3 is 2.30 bits per heavy atom. The van der Waals surface area contributed by atoms with Gasteiger partial charge in [-0.3, -0.25) is 0 Å². The number of hydrogen-bond donors (Lipinski definition) is 1. The van der Waals surface area contributed by atoms with Crippen LogP contribution >= 0.6 is 15.9 Å². The first kappa shape index (κ1) is 15.3. The summed E-state index contributed by atoms with van der Waals surface area (Å²) in [5.41, 5.74) is 2.71. The average molecular weight is 332 g/mol. The monoisotopic (exact) mass is 331 g/mol. The molecule has 0 spiro atoms. The van der Waals surface area contributed by atoms with Crippen LogP contribution < -0.4 is 5.32 Å². The summed E-state index contributed by atoms with van der Waals surface area (Å²) in [7, 11) is 0. The van der Waals surface area contributed by atoms with Crippen LogP contribution in [0.2, 0.25) is 0 Å². The summed E-state index contributed by atoms with van der Waals surface area (Å²) in [5, 5.41) is 3.74. The molecule has 0 aliphatic carbocycles. The highest BCUT2D eigenvalue weighted by atomic mass is 79.9. The van der Waals surface area contributed by atoms with E-state index in [9.17, 15) is 0 Å². The molecule has 0 aromatic heterocycles. The van der Waals surface area contributed by atoms with Gasteiger partial charge in [-0.05, 0) is 37.0 Å². The zero-order valence-corrected chi connectivity index (χ0v) is 13.7. The van der Waals surface area contributed by atoms with Gasteiger partial charge in [-0.15, -0.1) is 0 Å². The number of benzene rings is 2. The highest BCUT2D eigenvalue weighted by Crippen LogP contribution is 2.23. The van der Waals surface area contributed by atoms with Gasteiger partial charge in [0.25, 0.3) is 0 Å². The van der Waals surface area contributed by atoms with E-state index in [0.29, 0.717) is 12.1 Å². The van der Waals surface area contributed by atoms with Gasteiger partial charge in [0.15, 0.2) is 0 Å². The largest absolute Gasteiger partial charge is 0.307 e. The Kier molecular flexibility index (Phi) is 5.81. The molecule has 0 heterocycles. The van der Waals surface area contributed by atoms with Gasteiger partial charge in [-0.25, -0.2) is 0 Å². The van der Waals surface area contributed by atoms with Gasteiger partial charge in [0.1, 0.15) is 0 Å². The molecular formula is C18H22BrN. The van der Waals surface area contributed by atoms with Crippen LogP contribution in [0, 0.1) is 0 Å². The molecule has 2 aromatic rings. The lowest BCUT2D eigenvalue weighted by atomic mass is 10.0. The Hall–Kier alpha value is -1.12.